The normalized spacial score (nSPS) is 13.4. The van der Waals surface area contributed by atoms with Crippen LogP contribution in [0, 0.1) is 5.41 Å². The summed E-state index contributed by atoms with van der Waals surface area (Å²) >= 11 is 0. The molecule has 0 saturated heterocycles. The molecule has 1 heterocycles. The summed E-state index contributed by atoms with van der Waals surface area (Å²) in [7, 11) is -3.67. The maximum atomic E-state index is 13.1. The number of ether oxygens (including phenoxy) is 1. The van der Waals surface area contributed by atoms with Gasteiger partial charge in [0.25, 0.3) is 16.0 Å². The van der Waals surface area contributed by atoms with Gasteiger partial charge in [0.05, 0.1) is 11.8 Å². The van der Waals surface area contributed by atoms with Gasteiger partial charge >= 0.3 is 5.97 Å². The van der Waals surface area contributed by atoms with Crippen LogP contribution in [0.4, 0.5) is 5.69 Å². The van der Waals surface area contributed by atoms with Gasteiger partial charge in [-0.3, -0.25) is 14.8 Å². The molecule has 1 aliphatic heterocycles. The Labute approximate surface area is 214 Å². The maximum Gasteiger partial charge on any atom is 0.336 e. The number of carbonyl (C=O) groups is 2. The fourth-order valence-electron chi connectivity index (χ4n) is 3.90. The van der Waals surface area contributed by atoms with E-state index in [0.717, 1.165) is 5.56 Å². The highest BCUT2D eigenvalue weighted by Gasteiger charge is 2.32. The first-order valence-electron chi connectivity index (χ1n) is 11.0. The number of nitrogen functional groups attached to an aromatic ring is 1. The summed E-state index contributed by atoms with van der Waals surface area (Å²) in [6.07, 6.45) is 1.36. The van der Waals surface area contributed by atoms with Crippen LogP contribution in [0.1, 0.15) is 45.7 Å². The van der Waals surface area contributed by atoms with Gasteiger partial charge in [-0.25, -0.2) is 4.79 Å². The molecule has 0 radical (unpaired) electrons. The van der Waals surface area contributed by atoms with Crippen LogP contribution in [0.2, 0.25) is 0 Å². The first-order chi connectivity index (χ1) is 17.1. The quantitative estimate of drug-likeness (QED) is 0.189. The number of aromatic carboxylic acids is 1. The Hall–Kier alpha value is -4.22. The van der Waals surface area contributed by atoms with Gasteiger partial charge in [-0.2, -0.15) is 8.42 Å². The molecule has 4 rings (SSSR count). The minimum atomic E-state index is -3.67. The molecular formula is C26H27N3O7S. The van der Waals surface area contributed by atoms with Crippen LogP contribution in [0.25, 0.3) is 11.1 Å². The molecule has 11 heteroatoms. The van der Waals surface area contributed by atoms with Crippen LogP contribution in [-0.2, 0) is 16.5 Å². The Morgan fingerprint density at radius 1 is 1.03 bits per heavy atom. The summed E-state index contributed by atoms with van der Waals surface area (Å²) < 4.78 is 31.8. The largest absolute Gasteiger partial charge is 0.487 e. The number of amides is 1. The van der Waals surface area contributed by atoms with Crippen molar-refractivity contribution in [2.75, 3.05) is 11.6 Å². The molecule has 194 valence electrons. The number of carbonyl (C=O) groups excluding carboxylic acids is 1. The molecule has 0 aliphatic carbocycles. The van der Waals surface area contributed by atoms with Crippen molar-refractivity contribution in [3.63, 3.8) is 0 Å². The number of anilines is 1. The number of benzene rings is 3. The third-order valence-corrected chi connectivity index (χ3v) is 5.35. The molecule has 0 aromatic heterocycles. The van der Waals surface area contributed by atoms with E-state index in [9.17, 15) is 23.1 Å². The van der Waals surface area contributed by atoms with Crippen molar-refractivity contribution in [1.29, 1.82) is 5.41 Å². The lowest BCUT2D eigenvalue weighted by Crippen LogP contribution is -2.24. The van der Waals surface area contributed by atoms with Crippen molar-refractivity contribution in [2.45, 2.75) is 25.9 Å². The summed E-state index contributed by atoms with van der Waals surface area (Å²) in [5.41, 5.74) is 8.47. The topological polar surface area (TPSA) is 180 Å². The molecule has 0 spiro atoms. The summed E-state index contributed by atoms with van der Waals surface area (Å²) in [5, 5.41) is 20.1. The third-order valence-electron chi connectivity index (χ3n) is 5.35. The predicted octanol–water partition coefficient (Wildman–Crippen LogP) is 3.81. The molecule has 0 bridgehead atoms. The SMILES string of the molecule is CC1(C)Cc2cc(-c3ccccc3C(=O)Nc3ccc(C(=N)N)cc3)c(C(=O)O)cc2O1.CS(=O)(=O)O. The predicted molar refractivity (Wildman–Crippen MR) is 140 cm³/mol. The zero-order valence-corrected chi connectivity index (χ0v) is 21.2. The van der Waals surface area contributed by atoms with E-state index >= 15 is 0 Å². The Balaban J connectivity index is 0.000000695. The second-order valence-corrected chi connectivity index (χ2v) is 10.5. The van der Waals surface area contributed by atoms with E-state index in [4.69, 9.17) is 20.4 Å². The number of fused-ring (bicyclic) bond motifs is 1. The fourth-order valence-corrected chi connectivity index (χ4v) is 3.90. The Bertz CT molecular complexity index is 1470. The van der Waals surface area contributed by atoms with Crippen LogP contribution in [-0.4, -0.2) is 47.6 Å². The van der Waals surface area contributed by atoms with Gasteiger partial charge < -0.3 is 20.9 Å². The minimum absolute atomic E-state index is 0.0572. The zero-order chi connectivity index (χ0) is 27.5. The van der Waals surface area contributed by atoms with Crippen LogP contribution in [0.5, 0.6) is 5.75 Å². The van der Waals surface area contributed by atoms with Gasteiger partial charge in [0.15, 0.2) is 0 Å². The lowest BCUT2D eigenvalue weighted by atomic mass is 9.91. The molecule has 3 aromatic rings. The molecule has 10 nitrogen and oxygen atoms in total. The number of carboxylic acids is 1. The van der Waals surface area contributed by atoms with Crippen molar-refractivity contribution >= 4 is 33.5 Å². The number of nitrogens with two attached hydrogens (primary N) is 1. The van der Waals surface area contributed by atoms with Crippen LogP contribution in [0.3, 0.4) is 0 Å². The first kappa shape index (κ1) is 27.4. The molecule has 1 amide bonds. The van der Waals surface area contributed by atoms with E-state index in [1.54, 1.807) is 54.6 Å². The van der Waals surface area contributed by atoms with E-state index in [1.807, 2.05) is 13.8 Å². The molecule has 0 fully saturated rings. The number of carboxylic acid groups (broad SMARTS) is 1. The van der Waals surface area contributed by atoms with Gasteiger partial charge in [-0.1, -0.05) is 18.2 Å². The van der Waals surface area contributed by atoms with E-state index in [-0.39, 0.29) is 17.3 Å². The molecule has 37 heavy (non-hydrogen) atoms. The molecule has 0 atom stereocenters. The Morgan fingerprint density at radius 2 is 1.62 bits per heavy atom. The average molecular weight is 526 g/mol. The number of hydrogen-bond acceptors (Lipinski definition) is 6. The number of hydrogen-bond donors (Lipinski definition) is 5. The Kier molecular flexibility index (Phi) is 7.70. The Morgan fingerprint density at radius 3 is 2.19 bits per heavy atom. The second kappa shape index (κ2) is 10.4. The van der Waals surface area contributed by atoms with Crippen molar-refractivity contribution in [3.05, 3.63) is 82.9 Å². The monoisotopic (exact) mass is 525 g/mol. The summed E-state index contributed by atoms with van der Waals surface area (Å²) in [6, 6.07) is 16.9. The fraction of sp³-hybridized carbons (Fsp3) is 0.192. The molecule has 3 aromatic carbocycles. The zero-order valence-electron chi connectivity index (χ0n) is 20.4. The van der Waals surface area contributed by atoms with Crippen LogP contribution >= 0.6 is 0 Å². The average Bonchev–Trinajstić information content (AvgIpc) is 3.10. The lowest BCUT2D eigenvalue weighted by Gasteiger charge is -2.17. The summed E-state index contributed by atoms with van der Waals surface area (Å²) in [6.45, 7) is 3.90. The van der Waals surface area contributed by atoms with Crippen molar-refractivity contribution in [2.24, 2.45) is 5.73 Å². The standard InChI is InChI=1S/C25H23N3O4.CH4O3S/c1-25(2)13-15-11-19(20(24(30)31)12-21(15)32-25)17-5-3-4-6-18(17)23(29)28-16-9-7-14(8-10-16)22(26)27;1-5(2,3)4/h3-12H,13H2,1-2H3,(H3,26,27)(H,28,29)(H,30,31);1H3,(H,2,3,4). The van der Waals surface area contributed by atoms with E-state index in [2.05, 4.69) is 5.32 Å². The molecule has 0 unspecified atom stereocenters. The molecular weight excluding hydrogens is 498 g/mol. The van der Waals surface area contributed by atoms with Crippen molar-refractivity contribution in [3.8, 4) is 16.9 Å². The lowest BCUT2D eigenvalue weighted by molar-refractivity contribution is 0.0696. The highest BCUT2D eigenvalue weighted by atomic mass is 32.2. The smallest absolute Gasteiger partial charge is 0.336 e. The van der Waals surface area contributed by atoms with Crippen molar-refractivity contribution < 1.29 is 32.4 Å². The van der Waals surface area contributed by atoms with E-state index < -0.39 is 21.7 Å². The molecule has 6 N–H and O–H groups in total. The number of nitrogens with one attached hydrogen (secondary N) is 2. The maximum absolute atomic E-state index is 13.1. The van der Waals surface area contributed by atoms with E-state index in [1.165, 1.54) is 6.07 Å². The van der Waals surface area contributed by atoms with Gasteiger partial charge in [-0.15, -0.1) is 0 Å². The van der Waals surface area contributed by atoms with Gasteiger partial charge in [0.1, 0.15) is 17.2 Å². The van der Waals surface area contributed by atoms with Gasteiger partial charge in [-0.05, 0) is 73.0 Å². The van der Waals surface area contributed by atoms with Crippen LogP contribution in [0.15, 0.2) is 60.7 Å². The van der Waals surface area contributed by atoms with Gasteiger partial charge in [0, 0.05) is 23.2 Å². The number of rotatable bonds is 5. The molecule has 0 saturated carbocycles. The first-order valence-corrected chi connectivity index (χ1v) is 12.9. The van der Waals surface area contributed by atoms with Crippen LogP contribution < -0.4 is 15.8 Å². The third kappa shape index (κ3) is 7.15. The summed E-state index contributed by atoms with van der Waals surface area (Å²) in [5.74, 6) is -0.961. The highest BCUT2D eigenvalue weighted by Crippen LogP contribution is 2.40. The van der Waals surface area contributed by atoms with Gasteiger partial charge in [0.2, 0.25) is 0 Å². The van der Waals surface area contributed by atoms with E-state index in [0.29, 0.717) is 46.4 Å². The minimum Gasteiger partial charge on any atom is -0.487 e. The second-order valence-electron chi connectivity index (χ2n) is 9.07. The van der Waals surface area contributed by atoms with Crippen molar-refractivity contribution in [1.82, 2.24) is 0 Å². The summed E-state index contributed by atoms with van der Waals surface area (Å²) in [4.78, 5) is 25.1. The molecule has 1 aliphatic rings. The highest BCUT2D eigenvalue weighted by molar-refractivity contribution is 7.85. The number of amidine groups is 1.